The summed E-state index contributed by atoms with van der Waals surface area (Å²) in [7, 11) is -3.90. The van der Waals surface area contributed by atoms with Gasteiger partial charge in [0.05, 0.1) is 5.92 Å². The maximum atomic E-state index is 13.1. The van der Waals surface area contributed by atoms with Crippen LogP contribution in [0.15, 0.2) is 47.5 Å². The lowest BCUT2D eigenvalue weighted by Gasteiger charge is -2.33. The first-order chi connectivity index (χ1) is 15.1. The van der Waals surface area contributed by atoms with Gasteiger partial charge >= 0.3 is 6.18 Å². The zero-order chi connectivity index (χ0) is 23.1. The van der Waals surface area contributed by atoms with E-state index in [0.29, 0.717) is 18.7 Å². The number of carbonyl (C=O) groups excluding carboxylic acids is 1. The molecule has 1 aromatic heterocycles. The first kappa shape index (κ1) is 22.8. The van der Waals surface area contributed by atoms with Gasteiger partial charge in [-0.2, -0.15) is 17.5 Å². The van der Waals surface area contributed by atoms with Crippen LogP contribution in [0.25, 0.3) is 0 Å². The van der Waals surface area contributed by atoms with E-state index in [2.05, 4.69) is 4.98 Å². The number of hydrogen-bond donors (Lipinski definition) is 0. The normalized spacial score (nSPS) is 22.1. The van der Waals surface area contributed by atoms with Crippen LogP contribution >= 0.6 is 11.6 Å². The largest absolute Gasteiger partial charge is 0.484 e. The van der Waals surface area contributed by atoms with E-state index in [9.17, 15) is 26.4 Å². The number of anilines is 1. The molecule has 12 heteroatoms. The van der Waals surface area contributed by atoms with Gasteiger partial charge in [0.1, 0.15) is 15.8 Å². The maximum absolute atomic E-state index is 13.1. The van der Waals surface area contributed by atoms with Crippen molar-refractivity contribution in [1.29, 1.82) is 0 Å². The zero-order valence-electron chi connectivity index (χ0n) is 16.6. The Morgan fingerprint density at radius 2 is 1.88 bits per heavy atom. The maximum Gasteiger partial charge on any atom is 0.422 e. The Hall–Kier alpha value is -2.37. The molecule has 2 aromatic rings. The Morgan fingerprint density at radius 1 is 1.16 bits per heavy atom. The van der Waals surface area contributed by atoms with Gasteiger partial charge in [-0.05, 0) is 48.7 Å². The van der Waals surface area contributed by atoms with E-state index in [1.54, 1.807) is 0 Å². The summed E-state index contributed by atoms with van der Waals surface area (Å²) in [6.07, 6.45) is -2.45. The Labute approximate surface area is 187 Å². The minimum absolute atomic E-state index is 0.0281. The third-order valence-electron chi connectivity index (χ3n) is 5.61. The van der Waals surface area contributed by atoms with Crippen molar-refractivity contribution in [3.05, 3.63) is 47.7 Å². The Balaban J connectivity index is 1.47. The third-order valence-corrected chi connectivity index (χ3v) is 7.88. The Kier molecular flexibility index (Phi) is 6.08. The first-order valence-corrected chi connectivity index (χ1v) is 11.6. The summed E-state index contributed by atoms with van der Waals surface area (Å²) in [5, 5.41) is -0.122. The second-order valence-corrected chi connectivity index (χ2v) is 9.92. The SMILES string of the molecule is O=C1[C@H]2CN(S(=O)(=O)c3cccnc3Cl)C[C@H]2CCN1c1ccc(OCC(F)(F)F)cc1. The van der Waals surface area contributed by atoms with Gasteiger partial charge in [0.2, 0.25) is 15.9 Å². The van der Waals surface area contributed by atoms with Gasteiger partial charge in [0, 0.05) is 31.5 Å². The van der Waals surface area contributed by atoms with Gasteiger partial charge in [-0.3, -0.25) is 4.79 Å². The molecular weight excluding hydrogens is 471 g/mol. The molecule has 0 unspecified atom stereocenters. The molecule has 2 aliphatic heterocycles. The van der Waals surface area contributed by atoms with Crippen LogP contribution in [0.3, 0.4) is 0 Å². The van der Waals surface area contributed by atoms with E-state index in [0.717, 1.165) is 0 Å². The molecule has 2 aliphatic rings. The summed E-state index contributed by atoms with van der Waals surface area (Å²) in [6, 6.07) is 8.64. The minimum Gasteiger partial charge on any atom is -0.484 e. The molecule has 172 valence electrons. The number of carbonyl (C=O) groups is 1. The molecule has 2 atom stereocenters. The highest BCUT2D eigenvalue weighted by molar-refractivity contribution is 7.89. The monoisotopic (exact) mass is 489 g/mol. The standard InChI is InChI=1S/C20H19ClF3N3O4S/c21-18-17(2-1-8-25-18)32(29,30)26-10-13-7-9-27(19(28)16(13)11-26)14-3-5-15(6-4-14)31-12-20(22,23)24/h1-6,8,13,16H,7,9-12H2/t13-,16+/m1/s1. The molecule has 1 amide bonds. The number of fused-ring (bicyclic) bond motifs is 1. The van der Waals surface area contributed by atoms with Crippen molar-refractivity contribution in [2.75, 3.05) is 31.1 Å². The van der Waals surface area contributed by atoms with Crippen molar-refractivity contribution in [2.24, 2.45) is 11.8 Å². The zero-order valence-corrected chi connectivity index (χ0v) is 18.2. The number of rotatable bonds is 5. The van der Waals surface area contributed by atoms with Crippen LogP contribution in [0.1, 0.15) is 6.42 Å². The number of sulfonamides is 1. The summed E-state index contributed by atoms with van der Waals surface area (Å²) >= 11 is 5.97. The fourth-order valence-corrected chi connectivity index (χ4v) is 6.00. The van der Waals surface area contributed by atoms with Crippen LogP contribution in [0, 0.1) is 11.8 Å². The number of hydrogen-bond acceptors (Lipinski definition) is 5. The minimum atomic E-state index is -4.44. The van der Waals surface area contributed by atoms with Gasteiger partial charge in [0.25, 0.3) is 0 Å². The lowest BCUT2D eigenvalue weighted by Crippen LogP contribution is -2.45. The lowest BCUT2D eigenvalue weighted by atomic mass is 9.87. The highest BCUT2D eigenvalue weighted by Crippen LogP contribution is 2.37. The average molecular weight is 490 g/mol. The molecule has 2 saturated heterocycles. The number of ether oxygens (including phenoxy) is 1. The van der Waals surface area contributed by atoms with Crippen molar-refractivity contribution in [3.8, 4) is 5.75 Å². The van der Waals surface area contributed by atoms with Crippen molar-refractivity contribution >= 4 is 33.2 Å². The van der Waals surface area contributed by atoms with Crippen molar-refractivity contribution in [2.45, 2.75) is 17.5 Å². The van der Waals surface area contributed by atoms with E-state index < -0.39 is 28.7 Å². The Bertz CT molecular complexity index is 1110. The van der Waals surface area contributed by atoms with Crippen LogP contribution in [0.2, 0.25) is 5.15 Å². The number of aromatic nitrogens is 1. The summed E-state index contributed by atoms with van der Waals surface area (Å²) in [5.41, 5.74) is 0.518. The molecule has 4 rings (SSSR count). The number of nitrogens with zero attached hydrogens (tertiary/aromatic N) is 3. The van der Waals surface area contributed by atoms with Crippen LogP contribution in [-0.2, 0) is 14.8 Å². The highest BCUT2D eigenvalue weighted by Gasteiger charge is 2.47. The molecule has 0 N–H and O–H groups in total. The number of alkyl halides is 3. The molecule has 1 aromatic carbocycles. The molecule has 3 heterocycles. The van der Waals surface area contributed by atoms with Crippen LogP contribution < -0.4 is 9.64 Å². The lowest BCUT2D eigenvalue weighted by molar-refractivity contribution is -0.153. The van der Waals surface area contributed by atoms with Gasteiger partial charge in [0.15, 0.2) is 6.61 Å². The Morgan fingerprint density at radius 3 is 2.53 bits per heavy atom. The van der Waals surface area contributed by atoms with E-state index in [4.69, 9.17) is 16.3 Å². The molecule has 7 nitrogen and oxygen atoms in total. The topological polar surface area (TPSA) is 79.8 Å². The molecule has 32 heavy (non-hydrogen) atoms. The van der Waals surface area contributed by atoms with E-state index in [1.165, 1.54) is 51.8 Å². The number of amides is 1. The number of halogens is 4. The van der Waals surface area contributed by atoms with Crippen LogP contribution in [0.4, 0.5) is 18.9 Å². The summed E-state index contributed by atoms with van der Waals surface area (Å²) in [4.78, 5) is 18.4. The molecule has 0 bridgehead atoms. The molecule has 2 fully saturated rings. The van der Waals surface area contributed by atoms with E-state index in [-0.39, 0.29) is 40.7 Å². The fourth-order valence-electron chi connectivity index (χ4n) is 4.05. The molecule has 0 aliphatic carbocycles. The first-order valence-electron chi connectivity index (χ1n) is 9.78. The van der Waals surface area contributed by atoms with Crippen LogP contribution in [0.5, 0.6) is 5.75 Å². The van der Waals surface area contributed by atoms with Crippen molar-refractivity contribution < 1.29 is 31.1 Å². The second-order valence-electron chi connectivity index (χ2n) is 7.66. The smallest absolute Gasteiger partial charge is 0.422 e. The molecule has 0 radical (unpaired) electrons. The average Bonchev–Trinajstić information content (AvgIpc) is 3.19. The van der Waals surface area contributed by atoms with Crippen LogP contribution in [-0.4, -0.2) is 56.0 Å². The van der Waals surface area contributed by atoms with Gasteiger partial charge < -0.3 is 9.64 Å². The van der Waals surface area contributed by atoms with Crippen molar-refractivity contribution in [3.63, 3.8) is 0 Å². The summed E-state index contributed by atoms with van der Waals surface area (Å²) in [5.74, 6) is -0.825. The number of piperidine rings is 1. The predicted octanol–water partition coefficient (Wildman–Crippen LogP) is 3.35. The van der Waals surface area contributed by atoms with Gasteiger partial charge in [-0.25, -0.2) is 13.4 Å². The molecular formula is C20H19ClF3N3O4S. The number of benzene rings is 1. The highest BCUT2D eigenvalue weighted by atomic mass is 35.5. The van der Waals surface area contributed by atoms with Gasteiger partial charge in [-0.15, -0.1) is 0 Å². The fraction of sp³-hybridized carbons (Fsp3) is 0.400. The third kappa shape index (κ3) is 4.55. The summed E-state index contributed by atoms with van der Waals surface area (Å²) < 4.78 is 68.9. The molecule has 0 saturated carbocycles. The quantitative estimate of drug-likeness (QED) is 0.602. The van der Waals surface area contributed by atoms with Crippen molar-refractivity contribution in [1.82, 2.24) is 9.29 Å². The molecule has 0 spiro atoms. The van der Waals surface area contributed by atoms with E-state index in [1.807, 2.05) is 0 Å². The predicted molar refractivity (Wildman–Crippen MR) is 110 cm³/mol. The second kappa shape index (κ2) is 8.53. The summed E-state index contributed by atoms with van der Waals surface area (Å²) in [6.45, 7) is -0.781. The van der Waals surface area contributed by atoms with Gasteiger partial charge in [-0.1, -0.05) is 11.6 Å². The van der Waals surface area contributed by atoms with E-state index >= 15 is 0 Å². The number of pyridine rings is 1.